The number of hydrogen-bond acceptors (Lipinski definition) is 4. The molecule has 1 aliphatic heterocycles. The topological polar surface area (TPSA) is 70.4 Å². The third kappa shape index (κ3) is 5.98. The highest BCUT2D eigenvalue weighted by atomic mass is 15.2. The summed E-state index contributed by atoms with van der Waals surface area (Å²) in [5.74, 6) is 0.898. The monoisotopic (exact) mass is 369 g/mol. The molecule has 1 atom stereocenters. The molecule has 0 saturated carbocycles. The van der Waals surface area contributed by atoms with Crippen LogP contribution < -0.4 is 15.5 Å². The number of piperidine rings is 1. The summed E-state index contributed by atoms with van der Waals surface area (Å²) in [6, 6.07) is 9.24. The molecule has 146 valence electrons. The van der Waals surface area contributed by atoms with Crippen LogP contribution in [0.1, 0.15) is 31.2 Å². The minimum Gasteiger partial charge on any atom is -0.369 e. The highest BCUT2D eigenvalue weighted by molar-refractivity contribution is 5.80. The predicted molar refractivity (Wildman–Crippen MR) is 110 cm³/mol. The van der Waals surface area contributed by atoms with E-state index in [4.69, 9.17) is 0 Å². The molecule has 1 aliphatic rings. The maximum Gasteiger partial charge on any atom is 0.191 e. The van der Waals surface area contributed by atoms with Crippen molar-refractivity contribution in [1.29, 1.82) is 0 Å². The second-order valence-corrected chi connectivity index (χ2v) is 7.17. The van der Waals surface area contributed by atoms with E-state index in [1.807, 2.05) is 11.6 Å². The van der Waals surface area contributed by atoms with Crippen LogP contribution in [-0.2, 0) is 6.54 Å². The summed E-state index contributed by atoms with van der Waals surface area (Å²) >= 11 is 0. The average Bonchev–Trinajstić information content (AvgIpc) is 3.21. The van der Waals surface area contributed by atoms with E-state index in [9.17, 15) is 0 Å². The van der Waals surface area contributed by atoms with Crippen LogP contribution in [0.2, 0.25) is 0 Å². The number of aromatic nitrogens is 3. The second-order valence-electron chi connectivity index (χ2n) is 7.17. The van der Waals surface area contributed by atoms with E-state index in [1.54, 1.807) is 12.7 Å². The number of aliphatic imine (C=N–C) groups is 1. The average molecular weight is 370 g/mol. The number of nitrogens with zero attached hydrogens (tertiary/aromatic N) is 5. The number of hydrogen-bond donors (Lipinski definition) is 2. The van der Waals surface area contributed by atoms with Gasteiger partial charge in [0.05, 0.1) is 0 Å². The first-order chi connectivity index (χ1) is 13.2. The minimum atomic E-state index is 0.420. The van der Waals surface area contributed by atoms with E-state index >= 15 is 0 Å². The van der Waals surface area contributed by atoms with Crippen molar-refractivity contribution in [2.24, 2.45) is 4.99 Å². The van der Waals surface area contributed by atoms with Crippen LogP contribution >= 0.6 is 0 Å². The van der Waals surface area contributed by atoms with Gasteiger partial charge in [0.15, 0.2) is 5.96 Å². The molecule has 1 fully saturated rings. The zero-order valence-corrected chi connectivity index (χ0v) is 16.4. The number of benzene rings is 1. The van der Waals surface area contributed by atoms with E-state index < -0.39 is 0 Å². The van der Waals surface area contributed by atoms with Gasteiger partial charge in [0.25, 0.3) is 0 Å². The smallest absolute Gasteiger partial charge is 0.191 e. The van der Waals surface area contributed by atoms with Gasteiger partial charge in [-0.2, -0.15) is 0 Å². The maximum absolute atomic E-state index is 4.39. The number of unbranched alkanes of at least 4 members (excludes halogenated alkanes) is 1. The van der Waals surface area contributed by atoms with Crippen molar-refractivity contribution in [2.45, 2.75) is 45.2 Å². The summed E-state index contributed by atoms with van der Waals surface area (Å²) in [5.41, 5.74) is 2.61. The Hall–Kier alpha value is -2.57. The molecule has 7 nitrogen and oxygen atoms in total. The number of nitrogens with one attached hydrogen (secondary N) is 2. The van der Waals surface area contributed by atoms with Crippen LogP contribution in [0.25, 0.3) is 0 Å². The molecular formula is C20H31N7. The molecule has 3 rings (SSSR count). The van der Waals surface area contributed by atoms with Crippen molar-refractivity contribution in [3.63, 3.8) is 0 Å². The fraction of sp³-hybridized carbons (Fsp3) is 0.550. The molecule has 27 heavy (non-hydrogen) atoms. The van der Waals surface area contributed by atoms with Crippen LogP contribution in [0.4, 0.5) is 5.69 Å². The first kappa shape index (κ1) is 19.2. The van der Waals surface area contributed by atoms with Crippen molar-refractivity contribution < 1.29 is 0 Å². The largest absolute Gasteiger partial charge is 0.369 e. The second kappa shape index (κ2) is 9.94. The summed E-state index contributed by atoms with van der Waals surface area (Å²) in [5, 5.41) is 14.7. The molecule has 7 heteroatoms. The van der Waals surface area contributed by atoms with Gasteiger partial charge in [-0.15, -0.1) is 10.2 Å². The Balaban J connectivity index is 1.40. The summed E-state index contributed by atoms with van der Waals surface area (Å²) in [6.07, 6.45) is 8.07. The third-order valence-electron chi connectivity index (χ3n) is 4.99. The lowest BCUT2D eigenvalue weighted by molar-refractivity contribution is 0.467. The standard InChI is InChI=1S/C20H31N7/c1-17-7-9-19(10-8-17)27-13-5-6-18(14-27)25-20(21-2)22-11-3-4-12-26-15-23-24-16-26/h7-10,15-16,18H,3-6,11-14H2,1-2H3,(H2,21,22,25). The minimum absolute atomic E-state index is 0.420. The van der Waals surface area contributed by atoms with Gasteiger partial charge in [0.2, 0.25) is 0 Å². The van der Waals surface area contributed by atoms with Crippen molar-refractivity contribution in [3.05, 3.63) is 42.5 Å². The van der Waals surface area contributed by atoms with Crippen LogP contribution in [-0.4, -0.2) is 53.4 Å². The molecule has 2 heterocycles. The molecule has 1 unspecified atom stereocenters. The van der Waals surface area contributed by atoms with Crippen LogP contribution in [0.3, 0.4) is 0 Å². The lowest BCUT2D eigenvalue weighted by atomic mass is 10.0. The quantitative estimate of drug-likeness (QED) is 0.445. The zero-order chi connectivity index (χ0) is 18.9. The summed E-state index contributed by atoms with van der Waals surface area (Å²) in [6.45, 7) is 6.13. The molecule has 0 bridgehead atoms. The Morgan fingerprint density at radius 2 is 1.96 bits per heavy atom. The maximum atomic E-state index is 4.39. The first-order valence-corrected chi connectivity index (χ1v) is 9.86. The van der Waals surface area contributed by atoms with Gasteiger partial charge in [0.1, 0.15) is 12.7 Å². The van der Waals surface area contributed by atoms with E-state index in [-0.39, 0.29) is 0 Å². The lowest BCUT2D eigenvalue weighted by Gasteiger charge is -2.35. The van der Waals surface area contributed by atoms with E-state index in [0.717, 1.165) is 45.0 Å². The predicted octanol–water partition coefficient (Wildman–Crippen LogP) is 2.20. The number of aryl methyl sites for hydroxylation is 2. The highest BCUT2D eigenvalue weighted by Gasteiger charge is 2.20. The first-order valence-electron chi connectivity index (χ1n) is 9.86. The number of rotatable bonds is 7. The Morgan fingerprint density at radius 1 is 1.19 bits per heavy atom. The van der Waals surface area contributed by atoms with Crippen molar-refractivity contribution in [3.8, 4) is 0 Å². The molecule has 1 aromatic carbocycles. The van der Waals surface area contributed by atoms with E-state index in [2.05, 4.69) is 61.9 Å². The van der Waals surface area contributed by atoms with Gasteiger partial charge in [-0.1, -0.05) is 17.7 Å². The Bertz CT molecular complexity index is 694. The van der Waals surface area contributed by atoms with Gasteiger partial charge < -0.3 is 20.1 Å². The van der Waals surface area contributed by atoms with E-state index in [0.29, 0.717) is 6.04 Å². The van der Waals surface area contributed by atoms with Crippen LogP contribution in [0.15, 0.2) is 41.9 Å². The molecule has 1 aromatic heterocycles. The highest BCUT2D eigenvalue weighted by Crippen LogP contribution is 2.20. The third-order valence-corrected chi connectivity index (χ3v) is 4.99. The molecular weight excluding hydrogens is 338 g/mol. The lowest BCUT2D eigenvalue weighted by Crippen LogP contribution is -2.51. The summed E-state index contributed by atoms with van der Waals surface area (Å²) in [7, 11) is 1.84. The van der Waals surface area contributed by atoms with Gasteiger partial charge in [-0.25, -0.2) is 0 Å². The van der Waals surface area contributed by atoms with Gasteiger partial charge in [0, 0.05) is 45.0 Å². The molecule has 0 amide bonds. The SMILES string of the molecule is CN=C(NCCCCn1cnnc1)NC1CCCN(c2ccc(C)cc2)C1. The van der Waals surface area contributed by atoms with Crippen LogP contribution in [0, 0.1) is 6.92 Å². The molecule has 0 spiro atoms. The molecule has 2 N–H and O–H groups in total. The molecule has 0 radical (unpaired) electrons. The summed E-state index contributed by atoms with van der Waals surface area (Å²) in [4.78, 5) is 6.86. The normalized spacial score (nSPS) is 17.8. The van der Waals surface area contributed by atoms with E-state index in [1.165, 1.54) is 24.1 Å². The molecule has 1 saturated heterocycles. The summed E-state index contributed by atoms with van der Waals surface area (Å²) < 4.78 is 2.01. The number of anilines is 1. The number of guanidine groups is 1. The Labute approximate surface area is 161 Å². The van der Waals surface area contributed by atoms with Crippen LogP contribution in [0.5, 0.6) is 0 Å². The molecule has 2 aromatic rings. The zero-order valence-electron chi connectivity index (χ0n) is 16.4. The Morgan fingerprint density at radius 3 is 2.70 bits per heavy atom. The fourth-order valence-electron chi connectivity index (χ4n) is 3.44. The van der Waals surface area contributed by atoms with Gasteiger partial charge >= 0.3 is 0 Å². The fourth-order valence-corrected chi connectivity index (χ4v) is 3.44. The van der Waals surface area contributed by atoms with Crippen molar-refractivity contribution in [2.75, 3.05) is 31.6 Å². The van der Waals surface area contributed by atoms with Crippen molar-refractivity contribution >= 4 is 11.6 Å². The van der Waals surface area contributed by atoms with Crippen molar-refractivity contribution in [1.82, 2.24) is 25.4 Å². The molecule has 0 aliphatic carbocycles. The van der Waals surface area contributed by atoms with Gasteiger partial charge in [-0.05, 0) is 44.7 Å². The Kier molecular flexibility index (Phi) is 7.07. The van der Waals surface area contributed by atoms with Gasteiger partial charge in [-0.3, -0.25) is 4.99 Å².